The van der Waals surface area contributed by atoms with Crippen LogP contribution in [0.1, 0.15) is 23.3 Å². The Morgan fingerprint density at radius 2 is 1.95 bits per heavy atom. The number of alkyl carbamates (subject to hydrolysis) is 1. The van der Waals surface area contributed by atoms with E-state index in [9.17, 15) is 13.6 Å². The van der Waals surface area contributed by atoms with Crippen LogP contribution in [-0.4, -0.2) is 11.1 Å². The monoisotopic (exact) mass is 354 g/mol. The Balaban J connectivity index is 2.01. The zero-order valence-electron chi connectivity index (χ0n) is 10.5. The van der Waals surface area contributed by atoms with E-state index >= 15 is 0 Å². The number of nitrogens with zero attached hydrogens (tertiary/aromatic N) is 1. The minimum Gasteiger partial charge on any atom is -0.439 e. The summed E-state index contributed by atoms with van der Waals surface area (Å²) in [5, 5.41) is 2.55. The largest absolute Gasteiger partial charge is 0.439 e. The van der Waals surface area contributed by atoms with E-state index in [1.165, 1.54) is 36.5 Å². The number of halogens is 3. The molecule has 7 heteroatoms. The van der Waals surface area contributed by atoms with Crippen molar-refractivity contribution in [1.29, 1.82) is 0 Å². The number of benzene rings is 1. The molecule has 0 radical (unpaired) electrons. The maximum atomic E-state index is 13.9. The number of carbonyl (C=O) groups excluding carboxylic acids is 1. The number of amides is 1. The third kappa shape index (κ3) is 2.73. The summed E-state index contributed by atoms with van der Waals surface area (Å²) >= 11 is 3.21. The van der Waals surface area contributed by atoms with Crippen molar-refractivity contribution in [1.82, 2.24) is 10.3 Å². The van der Waals surface area contributed by atoms with E-state index in [2.05, 4.69) is 26.2 Å². The first-order valence-electron chi connectivity index (χ1n) is 6.08. The van der Waals surface area contributed by atoms with E-state index < -0.39 is 30.0 Å². The summed E-state index contributed by atoms with van der Waals surface area (Å²) in [5.74, 6) is -1.09. The average molecular weight is 355 g/mol. The Bertz CT molecular complexity index is 694. The number of nitrogens with one attached hydrogen (secondary N) is 1. The zero-order chi connectivity index (χ0) is 15.0. The standard InChI is InChI=1S/C14H9BrF2N2O2/c15-8-5-10(13(17)18-6-8)11-12(21-14(20)19-11)7-1-3-9(16)4-2-7/h1-6,11-12H,(H,19,20)/t11-,12-/m1/s1. The van der Waals surface area contributed by atoms with Gasteiger partial charge in [-0.15, -0.1) is 0 Å². The van der Waals surface area contributed by atoms with Gasteiger partial charge in [0.05, 0.1) is 0 Å². The minimum atomic E-state index is -0.747. The lowest BCUT2D eigenvalue weighted by atomic mass is 9.97. The van der Waals surface area contributed by atoms with E-state index in [-0.39, 0.29) is 5.56 Å². The third-order valence-electron chi connectivity index (χ3n) is 3.18. The van der Waals surface area contributed by atoms with Crippen molar-refractivity contribution in [3.05, 3.63) is 63.9 Å². The number of hydrogen-bond donors (Lipinski definition) is 1. The fraction of sp³-hybridized carbons (Fsp3) is 0.143. The van der Waals surface area contributed by atoms with E-state index in [4.69, 9.17) is 4.74 Å². The van der Waals surface area contributed by atoms with E-state index in [1.54, 1.807) is 0 Å². The Kier molecular flexibility index (Phi) is 3.59. The summed E-state index contributed by atoms with van der Waals surface area (Å²) in [7, 11) is 0. The van der Waals surface area contributed by atoms with Gasteiger partial charge in [-0.1, -0.05) is 12.1 Å². The smallest absolute Gasteiger partial charge is 0.408 e. The van der Waals surface area contributed by atoms with Crippen molar-refractivity contribution >= 4 is 22.0 Å². The van der Waals surface area contributed by atoms with Crippen LogP contribution in [-0.2, 0) is 4.74 Å². The van der Waals surface area contributed by atoms with Gasteiger partial charge in [0.15, 0.2) is 6.10 Å². The highest BCUT2D eigenvalue weighted by Gasteiger charge is 2.38. The van der Waals surface area contributed by atoms with Gasteiger partial charge in [-0.25, -0.2) is 14.2 Å². The van der Waals surface area contributed by atoms with Crippen LogP contribution in [0, 0.1) is 11.8 Å². The molecule has 21 heavy (non-hydrogen) atoms. The van der Waals surface area contributed by atoms with E-state index in [0.29, 0.717) is 10.0 Å². The Hall–Kier alpha value is -2.02. The van der Waals surface area contributed by atoms with Crippen LogP contribution >= 0.6 is 15.9 Å². The van der Waals surface area contributed by atoms with E-state index in [0.717, 1.165) is 0 Å². The van der Waals surface area contributed by atoms with Gasteiger partial charge in [0.25, 0.3) is 0 Å². The second-order valence-electron chi connectivity index (χ2n) is 4.53. The van der Waals surface area contributed by atoms with Crippen molar-refractivity contribution in [2.75, 3.05) is 0 Å². The fourth-order valence-electron chi connectivity index (χ4n) is 2.23. The maximum Gasteiger partial charge on any atom is 0.408 e. The zero-order valence-corrected chi connectivity index (χ0v) is 12.1. The Morgan fingerprint density at radius 3 is 2.67 bits per heavy atom. The summed E-state index contributed by atoms with van der Waals surface area (Å²) in [5.41, 5.74) is 0.767. The first-order chi connectivity index (χ1) is 10.0. The molecular weight excluding hydrogens is 346 g/mol. The normalized spacial score (nSPS) is 21.0. The lowest BCUT2D eigenvalue weighted by Crippen LogP contribution is -2.21. The molecule has 1 amide bonds. The summed E-state index contributed by atoms with van der Waals surface area (Å²) in [6, 6.07) is 6.31. The summed E-state index contributed by atoms with van der Waals surface area (Å²) in [6.07, 6.45) is -0.0824. The second kappa shape index (κ2) is 5.40. The lowest BCUT2D eigenvalue weighted by molar-refractivity contribution is 0.131. The van der Waals surface area contributed by atoms with Crippen molar-refractivity contribution in [3.8, 4) is 0 Å². The molecule has 1 N–H and O–H groups in total. The van der Waals surface area contributed by atoms with Crippen molar-refractivity contribution in [3.63, 3.8) is 0 Å². The molecule has 4 nitrogen and oxygen atoms in total. The summed E-state index contributed by atoms with van der Waals surface area (Å²) in [6.45, 7) is 0. The molecule has 2 aromatic rings. The average Bonchev–Trinajstić information content (AvgIpc) is 2.84. The minimum absolute atomic E-state index is 0.199. The number of carbonyl (C=O) groups is 1. The predicted octanol–water partition coefficient (Wildman–Crippen LogP) is 3.64. The predicted molar refractivity (Wildman–Crippen MR) is 73.4 cm³/mol. The van der Waals surface area contributed by atoms with Gasteiger partial charge in [-0.2, -0.15) is 4.39 Å². The first kappa shape index (κ1) is 13.9. The molecule has 0 unspecified atom stereocenters. The van der Waals surface area contributed by atoms with Crippen LogP contribution in [0.25, 0.3) is 0 Å². The number of ether oxygens (including phenoxy) is 1. The molecule has 1 aliphatic heterocycles. The number of rotatable bonds is 2. The molecular formula is C14H9BrF2N2O2. The molecule has 0 spiro atoms. The second-order valence-corrected chi connectivity index (χ2v) is 5.45. The fourth-order valence-corrected chi connectivity index (χ4v) is 2.58. The first-order valence-corrected chi connectivity index (χ1v) is 6.87. The van der Waals surface area contributed by atoms with Crippen LogP contribution in [0.4, 0.5) is 13.6 Å². The lowest BCUT2D eigenvalue weighted by Gasteiger charge is -2.18. The molecule has 2 heterocycles. The molecule has 1 saturated heterocycles. The highest BCUT2D eigenvalue weighted by molar-refractivity contribution is 9.10. The molecule has 1 aromatic heterocycles. The van der Waals surface area contributed by atoms with Gasteiger partial charge < -0.3 is 10.1 Å². The number of hydrogen-bond acceptors (Lipinski definition) is 3. The van der Waals surface area contributed by atoms with E-state index in [1.807, 2.05) is 0 Å². The summed E-state index contributed by atoms with van der Waals surface area (Å²) in [4.78, 5) is 15.1. The van der Waals surface area contributed by atoms with Crippen LogP contribution < -0.4 is 5.32 Å². The Labute approximate surface area is 127 Å². The maximum absolute atomic E-state index is 13.9. The van der Waals surface area contributed by atoms with Crippen molar-refractivity contribution < 1.29 is 18.3 Å². The molecule has 0 saturated carbocycles. The van der Waals surface area contributed by atoms with Crippen molar-refractivity contribution in [2.45, 2.75) is 12.1 Å². The van der Waals surface area contributed by atoms with Gasteiger partial charge in [0.1, 0.15) is 11.9 Å². The quantitative estimate of drug-likeness (QED) is 0.837. The third-order valence-corrected chi connectivity index (χ3v) is 3.61. The highest BCUT2D eigenvalue weighted by atomic mass is 79.9. The molecule has 1 fully saturated rings. The Morgan fingerprint density at radius 1 is 1.24 bits per heavy atom. The molecule has 1 aromatic carbocycles. The molecule has 1 aliphatic rings. The number of cyclic esters (lactones) is 1. The topological polar surface area (TPSA) is 51.2 Å². The molecule has 3 rings (SSSR count). The molecule has 0 aliphatic carbocycles. The molecule has 2 atom stereocenters. The summed E-state index contributed by atoms with van der Waals surface area (Å²) < 4.78 is 32.6. The van der Waals surface area contributed by atoms with Gasteiger partial charge in [-0.05, 0) is 39.7 Å². The van der Waals surface area contributed by atoms with Crippen LogP contribution in [0.5, 0.6) is 0 Å². The van der Waals surface area contributed by atoms with Crippen molar-refractivity contribution in [2.24, 2.45) is 0 Å². The number of aromatic nitrogens is 1. The number of pyridine rings is 1. The molecule has 0 bridgehead atoms. The highest BCUT2D eigenvalue weighted by Crippen LogP contribution is 2.37. The van der Waals surface area contributed by atoms with Gasteiger partial charge in [-0.3, -0.25) is 0 Å². The van der Waals surface area contributed by atoms with Gasteiger partial charge in [0, 0.05) is 16.2 Å². The SMILES string of the molecule is O=C1N[C@H](c2cc(Br)cnc2F)[C@@H](c2ccc(F)cc2)O1. The van der Waals surface area contributed by atoms with Gasteiger partial charge >= 0.3 is 6.09 Å². The van der Waals surface area contributed by atoms with Crippen LogP contribution in [0.2, 0.25) is 0 Å². The molecule has 108 valence electrons. The van der Waals surface area contributed by atoms with Crippen LogP contribution in [0.3, 0.4) is 0 Å². The van der Waals surface area contributed by atoms with Gasteiger partial charge in [0.2, 0.25) is 5.95 Å². The van der Waals surface area contributed by atoms with Crippen LogP contribution in [0.15, 0.2) is 41.0 Å².